The zero-order valence-electron chi connectivity index (χ0n) is 15.5. The molecule has 1 aromatic rings. The Kier molecular flexibility index (Phi) is 6.79. The monoisotopic (exact) mass is 352 g/mol. The number of carbonyl (C=O) groups is 1. The third-order valence-electron chi connectivity index (χ3n) is 4.17. The van der Waals surface area contributed by atoms with Gasteiger partial charge < -0.3 is 14.8 Å². The van der Waals surface area contributed by atoms with E-state index in [0.29, 0.717) is 12.3 Å². The minimum absolute atomic E-state index is 0.180. The number of hydrogen-bond acceptors (Lipinski definition) is 4. The standard InChI is InChI=1S/C19H29FN2O3/c1-14-12-22(13-15(2)24-14)11-5-10-21-18(23)19(3,4)25-17-8-6-16(20)7-9-17/h6-9,14-15H,5,10-13H2,1-4H3,(H,21,23). The van der Waals surface area contributed by atoms with Crippen molar-refractivity contribution in [1.29, 1.82) is 0 Å². The van der Waals surface area contributed by atoms with Crippen LogP contribution in [0.15, 0.2) is 24.3 Å². The van der Waals surface area contributed by atoms with E-state index in [0.717, 1.165) is 26.1 Å². The van der Waals surface area contributed by atoms with Crippen LogP contribution in [0.1, 0.15) is 34.1 Å². The molecule has 25 heavy (non-hydrogen) atoms. The SMILES string of the molecule is CC1CN(CCCNC(=O)C(C)(C)Oc2ccc(F)cc2)CC(C)O1. The summed E-state index contributed by atoms with van der Waals surface area (Å²) in [6.07, 6.45) is 1.38. The smallest absolute Gasteiger partial charge is 0.263 e. The van der Waals surface area contributed by atoms with Crippen molar-refractivity contribution in [2.24, 2.45) is 0 Å². The van der Waals surface area contributed by atoms with Crippen molar-refractivity contribution in [3.63, 3.8) is 0 Å². The van der Waals surface area contributed by atoms with E-state index < -0.39 is 5.60 Å². The number of nitrogens with zero attached hydrogens (tertiary/aromatic N) is 1. The fraction of sp³-hybridized carbons (Fsp3) is 0.632. The molecule has 2 unspecified atom stereocenters. The highest BCUT2D eigenvalue weighted by Crippen LogP contribution is 2.19. The van der Waals surface area contributed by atoms with Gasteiger partial charge in [-0.05, 0) is 58.4 Å². The van der Waals surface area contributed by atoms with Gasteiger partial charge in [-0.3, -0.25) is 9.69 Å². The van der Waals surface area contributed by atoms with Crippen LogP contribution in [0.25, 0.3) is 0 Å². The highest BCUT2D eigenvalue weighted by atomic mass is 19.1. The molecular formula is C19H29FN2O3. The van der Waals surface area contributed by atoms with E-state index in [4.69, 9.17) is 9.47 Å². The minimum Gasteiger partial charge on any atom is -0.478 e. The number of hydrogen-bond donors (Lipinski definition) is 1. The number of carbonyl (C=O) groups excluding carboxylic acids is 1. The lowest BCUT2D eigenvalue weighted by molar-refractivity contribution is -0.134. The topological polar surface area (TPSA) is 50.8 Å². The van der Waals surface area contributed by atoms with Crippen molar-refractivity contribution in [2.75, 3.05) is 26.2 Å². The van der Waals surface area contributed by atoms with Crippen LogP contribution in [0.5, 0.6) is 5.75 Å². The number of morpholine rings is 1. The minimum atomic E-state index is -1.01. The Morgan fingerprint density at radius 3 is 2.48 bits per heavy atom. The first-order valence-corrected chi connectivity index (χ1v) is 8.87. The fourth-order valence-corrected chi connectivity index (χ4v) is 3.03. The Morgan fingerprint density at radius 2 is 1.88 bits per heavy atom. The van der Waals surface area contributed by atoms with Crippen molar-refractivity contribution in [3.05, 3.63) is 30.1 Å². The van der Waals surface area contributed by atoms with Gasteiger partial charge in [0, 0.05) is 26.2 Å². The maximum atomic E-state index is 12.9. The van der Waals surface area contributed by atoms with Crippen LogP contribution in [-0.2, 0) is 9.53 Å². The van der Waals surface area contributed by atoms with E-state index in [1.807, 2.05) is 0 Å². The Hall–Kier alpha value is -1.66. The van der Waals surface area contributed by atoms with Gasteiger partial charge in [-0.1, -0.05) is 0 Å². The first kappa shape index (κ1) is 19.7. The molecule has 0 aliphatic carbocycles. The molecule has 1 fully saturated rings. The van der Waals surface area contributed by atoms with Gasteiger partial charge in [0.05, 0.1) is 12.2 Å². The Bertz CT molecular complexity index is 552. The maximum Gasteiger partial charge on any atom is 0.263 e. The lowest BCUT2D eigenvalue weighted by Gasteiger charge is -2.35. The average molecular weight is 352 g/mol. The van der Waals surface area contributed by atoms with Crippen molar-refractivity contribution in [1.82, 2.24) is 10.2 Å². The van der Waals surface area contributed by atoms with Crippen molar-refractivity contribution in [2.45, 2.75) is 51.9 Å². The Morgan fingerprint density at radius 1 is 1.28 bits per heavy atom. The third-order valence-corrected chi connectivity index (χ3v) is 4.17. The molecule has 0 saturated carbocycles. The van der Waals surface area contributed by atoms with Gasteiger partial charge in [-0.2, -0.15) is 0 Å². The molecule has 0 bridgehead atoms. The number of amides is 1. The lowest BCUT2D eigenvalue weighted by Crippen LogP contribution is -2.48. The number of halogens is 1. The van der Waals surface area contributed by atoms with E-state index in [2.05, 4.69) is 24.1 Å². The van der Waals surface area contributed by atoms with Crippen LogP contribution in [0, 0.1) is 5.82 Å². The largest absolute Gasteiger partial charge is 0.478 e. The zero-order chi connectivity index (χ0) is 18.4. The van der Waals surface area contributed by atoms with E-state index in [9.17, 15) is 9.18 Å². The number of ether oxygens (including phenoxy) is 2. The average Bonchev–Trinajstić information content (AvgIpc) is 2.52. The summed E-state index contributed by atoms with van der Waals surface area (Å²) in [5.41, 5.74) is -1.01. The molecule has 0 spiro atoms. The molecule has 1 N–H and O–H groups in total. The summed E-state index contributed by atoms with van der Waals surface area (Å²) in [4.78, 5) is 14.7. The quantitative estimate of drug-likeness (QED) is 0.767. The molecule has 1 aromatic carbocycles. The summed E-state index contributed by atoms with van der Waals surface area (Å²) < 4.78 is 24.3. The molecule has 1 amide bonds. The van der Waals surface area contributed by atoms with E-state index in [1.54, 1.807) is 13.8 Å². The summed E-state index contributed by atoms with van der Waals surface area (Å²) in [7, 11) is 0. The second-order valence-electron chi connectivity index (χ2n) is 7.19. The molecule has 1 heterocycles. The van der Waals surface area contributed by atoms with Crippen molar-refractivity contribution < 1.29 is 18.7 Å². The van der Waals surface area contributed by atoms with E-state index >= 15 is 0 Å². The van der Waals surface area contributed by atoms with Crippen LogP contribution < -0.4 is 10.1 Å². The van der Waals surface area contributed by atoms with Crippen LogP contribution in [0.4, 0.5) is 4.39 Å². The summed E-state index contributed by atoms with van der Waals surface area (Å²) in [5, 5.41) is 2.92. The highest BCUT2D eigenvalue weighted by molar-refractivity contribution is 5.84. The maximum absolute atomic E-state index is 12.9. The van der Waals surface area contributed by atoms with Crippen molar-refractivity contribution >= 4 is 5.91 Å². The predicted octanol–water partition coefficient (Wildman–Crippen LogP) is 2.60. The van der Waals surface area contributed by atoms with Gasteiger partial charge in [0.2, 0.25) is 0 Å². The molecule has 0 radical (unpaired) electrons. The van der Waals surface area contributed by atoms with Gasteiger partial charge in [0.1, 0.15) is 11.6 Å². The molecule has 1 aliphatic heterocycles. The molecule has 0 aromatic heterocycles. The first-order chi connectivity index (χ1) is 11.8. The van der Waals surface area contributed by atoms with Gasteiger partial charge in [-0.25, -0.2) is 4.39 Å². The summed E-state index contributed by atoms with van der Waals surface area (Å²) in [5.74, 6) is -0.0419. The summed E-state index contributed by atoms with van der Waals surface area (Å²) in [6.45, 7) is 11.0. The third kappa shape index (κ3) is 6.29. The van der Waals surface area contributed by atoms with Gasteiger partial charge in [0.25, 0.3) is 5.91 Å². The molecule has 2 atom stereocenters. The van der Waals surface area contributed by atoms with E-state index in [1.165, 1.54) is 24.3 Å². The normalized spacial score (nSPS) is 21.8. The molecule has 5 nitrogen and oxygen atoms in total. The summed E-state index contributed by atoms with van der Waals surface area (Å²) in [6, 6.07) is 5.66. The van der Waals surface area contributed by atoms with Crippen LogP contribution >= 0.6 is 0 Å². The van der Waals surface area contributed by atoms with Gasteiger partial charge in [-0.15, -0.1) is 0 Å². The molecule has 6 heteroatoms. The van der Waals surface area contributed by atoms with Gasteiger partial charge >= 0.3 is 0 Å². The van der Waals surface area contributed by atoms with E-state index in [-0.39, 0.29) is 23.9 Å². The Balaban J connectivity index is 1.72. The van der Waals surface area contributed by atoms with Crippen LogP contribution in [0.2, 0.25) is 0 Å². The number of rotatable bonds is 7. The number of benzene rings is 1. The summed E-state index contributed by atoms with van der Waals surface area (Å²) >= 11 is 0. The van der Waals surface area contributed by atoms with Crippen LogP contribution in [0.3, 0.4) is 0 Å². The fourth-order valence-electron chi connectivity index (χ4n) is 3.03. The lowest BCUT2D eigenvalue weighted by atomic mass is 10.1. The second kappa shape index (κ2) is 8.63. The highest BCUT2D eigenvalue weighted by Gasteiger charge is 2.29. The van der Waals surface area contributed by atoms with Gasteiger partial charge in [0.15, 0.2) is 5.60 Å². The second-order valence-corrected chi connectivity index (χ2v) is 7.19. The van der Waals surface area contributed by atoms with Crippen LogP contribution in [-0.4, -0.2) is 54.8 Å². The molecular weight excluding hydrogens is 323 g/mol. The number of nitrogens with one attached hydrogen (secondary N) is 1. The Labute approximate surface area is 149 Å². The molecule has 140 valence electrons. The molecule has 1 saturated heterocycles. The van der Waals surface area contributed by atoms with Crippen molar-refractivity contribution in [3.8, 4) is 5.75 Å². The zero-order valence-corrected chi connectivity index (χ0v) is 15.5. The first-order valence-electron chi connectivity index (χ1n) is 8.87. The molecule has 1 aliphatic rings. The predicted molar refractivity (Wildman–Crippen MR) is 95.2 cm³/mol. The molecule has 2 rings (SSSR count).